The smallest absolute Gasteiger partial charge is 0.0626 e. The molecule has 0 radical (unpaired) electrons. The Morgan fingerprint density at radius 2 is 1.80 bits per heavy atom. The molecule has 0 spiro atoms. The van der Waals surface area contributed by atoms with Crippen LogP contribution in [0, 0.1) is 0 Å². The Kier molecular flexibility index (Phi) is 5.57. The summed E-state index contributed by atoms with van der Waals surface area (Å²) in [6.07, 6.45) is 1.29. The number of fused-ring (bicyclic) bond motifs is 1. The van der Waals surface area contributed by atoms with Crippen molar-refractivity contribution in [2.45, 2.75) is 39.3 Å². The molecule has 108 valence electrons. The van der Waals surface area contributed by atoms with Gasteiger partial charge < -0.3 is 10.1 Å². The Bertz CT molecular complexity index is 536. The van der Waals surface area contributed by atoms with E-state index in [1.54, 1.807) is 0 Å². The van der Waals surface area contributed by atoms with Crippen molar-refractivity contribution < 1.29 is 4.74 Å². The molecule has 2 rings (SSSR count). The molecule has 1 unspecified atom stereocenters. The van der Waals surface area contributed by atoms with Gasteiger partial charge in [-0.1, -0.05) is 49.4 Å². The second-order valence-corrected chi connectivity index (χ2v) is 5.52. The predicted molar refractivity (Wildman–Crippen MR) is 86.2 cm³/mol. The molecule has 0 aliphatic carbocycles. The van der Waals surface area contributed by atoms with Crippen LogP contribution in [0.4, 0.5) is 0 Å². The summed E-state index contributed by atoms with van der Waals surface area (Å²) in [6, 6.07) is 15.6. The molecule has 0 bridgehead atoms. The molecule has 0 amide bonds. The summed E-state index contributed by atoms with van der Waals surface area (Å²) in [4.78, 5) is 0. The van der Waals surface area contributed by atoms with Crippen LogP contribution < -0.4 is 5.32 Å². The van der Waals surface area contributed by atoms with Crippen molar-refractivity contribution in [3.63, 3.8) is 0 Å². The minimum absolute atomic E-state index is 0.285. The maximum absolute atomic E-state index is 5.75. The molecule has 1 N–H and O–H groups in total. The molecule has 0 aliphatic rings. The van der Waals surface area contributed by atoms with E-state index in [0.29, 0.717) is 6.04 Å². The lowest BCUT2D eigenvalue weighted by Gasteiger charge is -2.19. The van der Waals surface area contributed by atoms with Crippen LogP contribution in [-0.4, -0.2) is 25.3 Å². The zero-order chi connectivity index (χ0) is 14.4. The highest BCUT2D eigenvalue weighted by Gasteiger charge is 2.10. The minimum Gasteiger partial charge on any atom is -0.377 e. The Balaban J connectivity index is 2.07. The standard InChI is InChI=1S/C18H25NO/c1-4-19-18(13-20-14(2)3)12-15-9-10-16-7-5-6-8-17(16)11-15/h5-11,14,18-19H,4,12-13H2,1-3H3. The first-order chi connectivity index (χ1) is 9.69. The van der Waals surface area contributed by atoms with Gasteiger partial charge in [0.25, 0.3) is 0 Å². The molecule has 0 aromatic heterocycles. The highest BCUT2D eigenvalue weighted by atomic mass is 16.5. The molecule has 2 aromatic carbocycles. The first kappa shape index (κ1) is 15.0. The third-order valence-corrected chi connectivity index (χ3v) is 3.42. The number of hydrogen-bond donors (Lipinski definition) is 1. The molecular weight excluding hydrogens is 246 g/mol. The van der Waals surface area contributed by atoms with Crippen LogP contribution in [0.3, 0.4) is 0 Å². The van der Waals surface area contributed by atoms with Gasteiger partial charge in [-0.3, -0.25) is 0 Å². The molecule has 2 heteroatoms. The maximum Gasteiger partial charge on any atom is 0.0626 e. The van der Waals surface area contributed by atoms with Crippen molar-refractivity contribution in [1.29, 1.82) is 0 Å². The number of nitrogens with one attached hydrogen (secondary N) is 1. The van der Waals surface area contributed by atoms with E-state index in [1.807, 2.05) is 0 Å². The molecular formula is C18H25NO. The van der Waals surface area contributed by atoms with Crippen molar-refractivity contribution in [3.8, 4) is 0 Å². The van der Waals surface area contributed by atoms with E-state index >= 15 is 0 Å². The molecule has 20 heavy (non-hydrogen) atoms. The SMILES string of the molecule is CCNC(COC(C)C)Cc1ccc2ccccc2c1. The zero-order valence-corrected chi connectivity index (χ0v) is 12.7. The van der Waals surface area contributed by atoms with Crippen molar-refractivity contribution in [1.82, 2.24) is 5.32 Å². The summed E-state index contributed by atoms with van der Waals surface area (Å²) in [7, 11) is 0. The van der Waals surface area contributed by atoms with Gasteiger partial charge in [0.05, 0.1) is 12.7 Å². The van der Waals surface area contributed by atoms with Gasteiger partial charge in [0, 0.05) is 6.04 Å². The second-order valence-electron chi connectivity index (χ2n) is 5.52. The highest BCUT2D eigenvalue weighted by Crippen LogP contribution is 2.16. The quantitative estimate of drug-likeness (QED) is 0.827. The Morgan fingerprint density at radius 3 is 2.50 bits per heavy atom. The molecule has 0 aliphatic heterocycles. The minimum atomic E-state index is 0.285. The third-order valence-electron chi connectivity index (χ3n) is 3.42. The Hall–Kier alpha value is -1.38. The number of benzene rings is 2. The van der Waals surface area contributed by atoms with Crippen LogP contribution in [0.1, 0.15) is 26.3 Å². The Labute approximate surface area is 122 Å². The molecule has 0 saturated heterocycles. The van der Waals surface area contributed by atoms with Crippen LogP contribution in [0.15, 0.2) is 42.5 Å². The number of hydrogen-bond acceptors (Lipinski definition) is 2. The third kappa shape index (κ3) is 4.32. The van der Waals surface area contributed by atoms with Crippen molar-refractivity contribution in [2.24, 2.45) is 0 Å². The fourth-order valence-electron chi connectivity index (χ4n) is 2.44. The molecule has 2 nitrogen and oxygen atoms in total. The van der Waals surface area contributed by atoms with E-state index in [2.05, 4.69) is 68.6 Å². The summed E-state index contributed by atoms with van der Waals surface area (Å²) in [6.45, 7) is 8.04. The molecule has 1 atom stereocenters. The summed E-state index contributed by atoms with van der Waals surface area (Å²) >= 11 is 0. The van der Waals surface area contributed by atoms with Crippen LogP contribution in [0.25, 0.3) is 10.8 Å². The molecule has 0 saturated carbocycles. The van der Waals surface area contributed by atoms with Gasteiger partial charge >= 0.3 is 0 Å². The lowest BCUT2D eigenvalue weighted by molar-refractivity contribution is 0.0616. The van der Waals surface area contributed by atoms with Gasteiger partial charge in [0.1, 0.15) is 0 Å². The first-order valence-corrected chi connectivity index (χ1v) is 7.51. The van der Waals surface area contributed by atoms with E-state index in [9.17, 15) is 0 Å². The van der Waals surface area contributed by atoms with Gasteiger partial charge in [0.15, 0.2) is 0 Å². The van der Waals surface area contributed by atoms with Gasteiger partial charge in [-0.2, -0.15) is 0 Å². The fraction of sp³-hybridized carbons (Fsp3) is 0.444. The average Bonchev–Trinajstić information content (AvgIpc) is 2.45. The van der Waals surface area contributed by atoms with Crippen LogP contribution in [-0.2, 0) is 11.2 Å². The molecule has 0 fully saturated rings. The number of likely N-dealkylation sites (N-methyl/N-ethyl adjacent to an activating group) is 1. The zero-order valence-electron chi connectivity index (χ0n) is 12.7. The normalized spacial score (nSPS) is 13.0. The van der Waals surface area contributed by atoms with E-state index in [0.717, 1.165) is 19.6 Å². The van der Waals surface area contributed by atoms with E-state index in [-0.39, 0.29) is 6.10 Å². The number of rotatable bonds is 7. The Morgan fingerprint density at radius 1 is 1.05 bits per heavy atom. The molecule has 0 heterocycles. The lowest BCUT2D eigenvalue weighted by atomic mass is 10.0. The van der Waals surface area contributed by atoms with E-state index in [1.165, 1.54) is 16.3 Å². The average molecular weight is 271 g/mol. The highest BCUT2D eigenvalue weighted by molar-refractivity contribution is 5.82. The van der Waals surface area contributed by atoms with E-state index in [4.69, 9.17) is 4.74 Å². The van der Waals surface area contributed by atoms with Gasteiger partial charge in [-0.15, -0.1) is 0 Å². The molecule has 2 aromatic rings. The van der Waals surface area contributed by atoms with Gasteiger partial charge in [-0.05, 0) is 43.1 Å². The maximum atomic E-state index is 5.75. The van der Waals surface area contributed by atoms with Crippen LogP contribution in [0.2, 0.25) is 0 Å². The lowest BCUT2D eigenvalue weighted by Crippen LogP contribution is -2.36. The van der Waals surface area contributed by atoms with Gasteiger partial charge in [-0.25, -0.2) is 0 Å². The van der Waals surface area contributed by atoms with Gasteiger partial charge in [0.2, 0.25) is 0 Å². The van der Waals surface area contributed by atoms with E-state index < -0.39 is 0 Å². The van der Waals surface area contributed by atoms with Crippen molar-refractivity contribution >= 4 is 10.8 Å². The van der Waals surface area contributed by atoms with Crippen molar-refractivity contribution in [2.75, 3.05) is 13.2 Å². The fourth-order valence-corrected chi connectivity index (χ4v) is 2.44. The first-order valence-electron chi connectivity index (χ1n) is 7.51. The summed E-state index contributed by atoms with van der Waals surface area (Å²) in [5.74, 6) is 0. The predicted octanol–water partition coefficient (Wildman–Crippen LogP) is 3.79. The summed E-state index contributed by atoms with van der Waals surface area (Å²) in [5, 5.41) is 6.12. The van der Waals surface area contributed by atoms with Crippen LogP contribution in [0.5, 0.6) is 0 Å². The summed E-state index contributed by atoms with van der Waals surface area (Å²) in [5.41, 5.74) is 1.36. The largest absolute Gasteiger partial charge is 0.377 e. The second kappa shape index (κ2) is 7.41. The monoisotopic (exact) mass is 271 g/mol. The number of ether oxygens (including phenoxy) is 1. The summed E-state index contributed by atoms with van der Waals surface area (Å²) < 4.78 is 5.75. The van der Waals surface area contributed by atoms with Crippen molar-refractivity contribution in [3.05, 3.63) is 48.0 Å². The topological polar surface area (TPSA) is 21.3 Å². The van der Waals surface area contributed by atoms with Crippen LogP contribution >= 0.6 is 0 Å².